The van der Waals surface area contributed by atoms with E-state index in [1.807, 2.05) is 20.8 Å². The fraction of sp³-hybridized carbons (Fsp3) is 0.812. The molecule has 2 fully saturated rings. The Balaban J connectivity index is 1.98. The molecule has 1 saturated heterocycles. The van der Waals surface area contributed by atoms with Crippen LogP contribution in [0.15, 0.2) is 0 Å². The van der Waals surface area contributed by atoms with E-state index in [0.717, 1.165) is 0 Å². The van der Waals surface area contributed by atoms with Crippen molar-refractivity contribution in [3.8, 4) is 0 Å². The van der Waals surface area contributed by atoms with Crippen molar-refractivity contribution in [2.75, 3.05) is 19.7 Å². The van der Waals surface area contributed by atoms with Gasteiger partial charge in [-0.15, -0.1) is 0 Å². The number of esters is 1. The molecule has 1 aliphatic carbocycles. The molecule has 6 heteroatoms. The van der Waals surface area contributed by atoms with E-state index in [-0.39, 0.29) is 30.3 Å². The summed E-state index contributed by atoms with van der Waals surface area (Å²) in [6.07, 6.45) is 0.721. The first-order valence-corrected chi connectivity index (χ1v) is 7.91. The number of ketones is 1. The summed E-state index contributed by atoms with van der Waals surface area (Å²) in [6, 6.07) is 0. The molecule has 0 bridgehead atoms. The first-order chi connectivity index (χ1) is 10.2. The van der Waals surface area contributed by atoms with Crippen molar-refractivity contribution in [2.24, 2.45) is 17.8 Å². The van der Waals surface area contributed by atoms with Crippen molar-refractivity contribution in [3.05, 3.63) is 0 Å². The Labute approximate surface area is 131 Å². The largest absolute Gasteiger partial charge is 0.465 e. The van der Waals surface area contributed by atoms with Gasteiger partial charge < -0.3 is 14.4 Å². The molecular weight excluding hydrogens is 286 g/mol. The Morgan fingerprint density at radius 2 is 2.00 bits per heavy atom. The van der Waals surface area contributed by atoms with E-state index in [1.165, 1.54) is 0 Å². The number of hydrogen-bond acceptors (Lipinski definition) is 5. The Kier molecular flexibility index (Phi) is 4.78. The number of rotatable bonds is 2. The number of piperidine rings is 1. The average molecular weight is 311 g/mol. The van der Waals surface area contributed by atoms with Crippen molar-refractivity contribution in [1.82, 2.24) is 4.90 Å². The topological polar surface area (TPSA) is 72.9 Å². The molecule has 1 heterocycles. The maximum absolute atomic E-state index is 12.3. The molecule has 2 rings (SSSR count). The normalized spacial score (nSPS) is 28.3. The molecule has 1 saturated carbocycles. The molecule has 3 unspecified atom stereocenters. The quantitative estimate of drug-likeness (QED) is 0.576. The van der Waals surface area contributed by atoms with Crippen LogP contribution in [0.2, 0.25) is 0 Å². The van der Waals surface area contributed by atoms with Crippen molar-refractivity contribution in [2.45, 2.75) is 46.1 Å². The zero-order valence-electron chi connectivity index (χ0n) is 13.8. The van der Waals surface area contributed by atoms with Gasteiger partial charge in [-0.3, -0.25) is 9.59 Å². The summed E-state index contributed by atoms with van der Waals surface area (Å²) in [5, 5.41) is 0. The summed E-state index contributed by atoms with van der Waals surface area (Å²) in [5.74, 6) is -1.21. The van der Waals surface area contributed by atoms with E-state index in [1.54, 1.807) is 11.8 Å². The van der Waals surface area contributed by atoms with Crippen LogP contribution in [-0.4, -0.2) is 48.0 Å². The molecule has 22 heavy (non-hydrogen) atoms. The summed E-state index contributed by atoms with van der Waals surface area (Å²) >= 11 is 0. The van der Waals surface area contributed by atoms with Gasteiger partial charge in [0, 0.05) is 19.0 Å². The third-order valence-electron chi connectivity index (χ3n) is 4.20. The SMILES string of the molecule is CCOC(=O)C1CC2CN(C(=O)OC(C)(C)C)CCC2C1=O. The number of likely N-dealkylation sites (tertiary alicyclic amines) is 1. The number of amides is 1. The second-order valence-corrected chi connectivity index (χ2v) is 7.02. The molecule has 0 spiro atoms. The predicted octanol–water partition coefficient (Wildman–Crippen LogP) is 2.01. The number of Topliss-reactive ketones (excluding diaryl/α,β-unsaturated/α-hetero) is 1. The Bertz CT molecular complexity index is 468. The molecule has 0 N–H and O–H groups in total. The Morgan fingerprint density at radius 3 is 2.59 bits per heavy atom. The van der Waals surface area contributed by atoms with Crippen molar-refractivity contribution in [1.29, 1.82) is 0 Å². The van der Waals surface area contributed by atoms with E-state index in [4.69, 9.17) is 9.47 Å². The molecule has 1 amide bonds. The third kappa shape index (κ3) is 3.59. The standard InChI is InChI=1S/C16H25NO5/c1-5-21-14(19)12-8-10-9-17(7-6-11(10)13(12)18)15(20)22-16(2,3)4/h10-12H,5-9H2,1-4H3. The second kappa shape index (κ2) is 6.26. The summed E-state index contributed by atoms with van der Waals surface area (Å²) in [7, 11) is 0. The summed E-state index contributed by atoms with van der Waals surface area (Å²) in [4.78, 5) is 38.0. The van der Waals surface area contributed by atoms with Crippen LogP contribution >= 0.6 is 0 Å². The Hall–Kier alpha value is -1.59. The number of hydrogen-bond donors (Lipinski definition) is 0. The first kappa shape index (κ1) is 16.8. The van der Waals surface area contributed by atoms with E-state index >= 15 is 0 Å². The van der Waals surface area contributed by atoms with Crippen molar-refractivity contribution in [3.63, 3.8) is 0 Å². The number of carbonyl (C=O) groups excluding carboxylic acids is 3. The van der Waals surface area contributed by atoms with Gasteiger partial charge >= 0.3 is 12.1 Å². The minimum atomic E-state index is -0.659. The van der Waals surface area contributed by atoms with Gasteiger partial charge in [-0.1, -0.05) is 0 Å². The molecule has 0 aromatic heterocycles. The fourth-order valence-electron chi connectivity index (χ4n) is 3.27. The molecule has 0 aromatic carbocycles. The minimum Gasteiger partial charge on any atom is -0.465 e. The number of ether oxygens (including phenoxy) is 2. The lowest BCUT2D eigenvalue weighted by molar-refractivity contribution is -0.150. The molecule has 1 aliphatic heterocycles. The van der Waals surface area contributed by atoms with Gasteiger partial charge in [-0.05, 0) is 46.5 Å². The smallest absolute Gasteiger partial charge is 0.410 e. The number of carbonyl (C=O) groups is 3. The maximum atomic E-state index is 12.3. The molecule has 124 valence electrons. The monoisotopic (exact) mass is 311 g/mol. The van der Waals surface area contributed by atoms with Gasteiger partial charge in [0.05, 0.1) is 6.61 Å². The lowest BCUT2D eigenvalue weighted by Gasteiger charge is -2.35. The van der Waals surface area contributed by atoms with Gasteiger partial charge in [0.15, 0.2) is 5.78 Å². The van der Waals surface area contributed by atoms with Crippen LogP contribution in [0, 0.1) is 17.8 Å². The highest BCUT2D eigenvalue weighted by Gasteiger charge is 2.49. The molecule has 6 nitrogen and oxygen atoms in total. The van der Waals surface area contributed by atoms with Crippen LogP contribution in [0.3, 0.4) is 0 Å². The van der Waals surface area contributed by atoms with Crippen molar-refractivity contribution >= 4 is 17.8 Å². The number of fused-ring (bicyclic) bond motifs is 1. The molecule has 0 aromatic rings. The van der Waals surface area contributed by atoms with Crippen LogP contribution in [-0.2, 0) is 19.1 Å². The van der Waals surface area contributed by atoms with Crippen LogP contribution < -0.4 is 0 Å². The minimum absolute atomic E-state index is 0.0210. The van der Waals surface area contributed by atoms with Gasteiger partial charge in [-0.2, -0.15) is 0 Å². The zero-order chi connectivity index (χ0) is 16.5. The van der Waals surface area contributed by atoms with Gasteiger partial charge in [0.25, 0.3) is 0 Å². The summed E-state index contributed by atoms with van der Waals surface area (Å²) in [5.41, 5.74) is -0.535. The molecule has 0 radical (unpaired) electrons. The van der Waals surface area contributed by atoms with Crippen molar-refractivity contribution < 1.29 is 23.9 Å². The van der Waals surface area contributed by atoms with E-state index < -0.39 is 17.5 Å². The fourth-order valence-corrected chi connectivity index (χ4v) is 3.27. The van der Waals surface area contributed by atoms with Gasteiger partial charge in [0.2, 0.25) is 0 Å². The summed E-state index contributed by atoms with van der Waals surface area (Å²) in [6.45, 7) is 8.46. The second-order valence-electron chi connectivity index (χ2n) is 7.02. The van der Waals surface area contributed by atoms with Gasteiger partial charge in [0.1, 0.15) is 11.5 Å². The Morgan fingerprint density at radius 1 is 1.32 bits per heavy atom. The van der Waals surface area contributed by atoms with Crippen LogP contribution in [0.5, 0.6) is 0 Å². The third-order valence-corrected chi connectivity index (χ3v) is 4.20. The highest BCUT2D eigenvalue weighted by atomic mass is 16.6. The first-order valence-electron chi connectivity index (χ1n) is 7.91. The molecule has 3 atom stereocenters. The van der Waals surface area contributed by atoms with Crippen LogP contribution in [0.4, 0.5) is 4.79 Å². The van der Waals surface area contributed by atoms with E-state index in [9.17, 15) is 14.4 Å². The van der Waals surface area contributed by atoms with Crippen LogP contribution in [0.1, 0.15) is 40.5 Å². The predicted molar refractivity (Wildman–Crippen MR) is 79.2 cm³/mol. The van der Waals surface area contributed by atoms with E-state index in [2.05, 4.69) is 0 Å². The van der Waals surface area contributed by atoms with Gasteiger partial charge in [-0.25, -0.2) is 4.79 Å². The van der Waals surface area contributed by atoms with Crippen LogP contribution in [0.25, 0.3) is 0 Å². The molecular formula is C16H25NO5. The molecule has 2 aliphatic rings. The summed E-state index contributed by atoms with van der Waals surface area (Å²) < 4.78 is 10.4. The maximum Gasteiger partial charge on any atom is 0.410 e. The van der Waals surface area contributed by atoms with E-state index in [0.29, 0.717) is 25.9 Å². The lowest BCUT2D eigenvalue weighted by Crippen LogP contribution is -2.45. The average Bonchev–Trinajstić information content (AvgIpc) is 2.74. The zero-order valence-corrected chi connectivity index (χ0v) is 13.8. The number of nitrogens with zero attached hydrogens (tertiary/aromatic N) is 1. The highest BCUT2D eigenvalue weighted by molar-refractivity contribution is 6.02. The highest BCUT2D eigenvalue weighted by Crippen LogP contribution is 2.39. The lowest BCUT2D eigenvalue weighted by atomic mass is 9.88.